The van der Waals surface area contributed by atoms with E-state index in [4.69, 9.17) is 11.5 Å². The third-order valence-corrected chi connectivity index (χ3v) is 11.7. The summed E-state index contributed by atoms with van der Waals surface area (Å²) < 4.78 is 0. The Bertz CT molecular complexity index is 3210. The van der Waals surface area contributed by atoms with Crippen LogP contribution in [0.5, 0.6) is 0 Å². The van der Waals surface area contributed by atoms with Crippen LogP contribution in [0.25, 0.3) is 56.2 Å². The smallest absolute Gasteiger partial charge is 0.0627 e. The number of hydrogen-bond acceptors (Lipinski definition) is 2. The maximum absolute atomic E-state index is 6.79. The first-order valence-corrected chi connectivity index (χ1v) is 22.1. The van der Waals surface area contributed by atoms with E-state index in [1.165, 1.54) is 54.9 Å². The van der Waals surface area contributed by atoms with Crippen LogP contribution in [-0.4, -0.2) is 0 Å². The van der Waals surface area contributed by atoms with Gasteiger partial charge in [-0.15, -0.1) is 0 Å². The van der Waals surface area contributed by atoms with E-state index in [0.717, 1.165) is 44.7 Å². The van der Waals surface area contributed by atoms with E-state index < -0.39 is 0 Å². The van der Waals surface area contributed by atoms with Crippen LogP contribution < -0.4 is 21.9 Å². The average molecular weight is 839 g/mol. The molecule has 0 saturated heterocycles. The third-order valence-electron chi connectivity index (χ3n) is 11.7. The zero-order chi connectivity index (χ0) is 45.0. The standard InChI is InChI=1S/C49H38N2.2C7H8/c1-33-13-5-9-19-42(33)46(43-20-10-6-16-39(43)31-34-14-3-2-4-15-34)35-23-27-37(28-24-35)48(50)49(51)38-29-25-36(26-30-38)47-44-21-11-7-17-40(44)32-41-18-8-12-22-45(41)47;2*1-7-5-3-2-4-6-7/h2-30,32H,1,31,50-51H2;2*2-6H,1H3/b46-42-,49-48-;;. The lowest BCUT2D eigenvalue weighted by Gasteiger charge is -2.16. The Morgan fingerprint density at radius 2 is 0.846 bits per heavy atom. The minimum absolute atomic E-state index is 0.550. The molecule has 0 fully saturated rings. The van der Waals surface area contributed by atoms with Crippen LogP contribution >= 0.6 is 0 Å². The Balaban J connectivity index is 0.000000351. The summed E-state index contributed by atoms with van der Waals surface area (Å²) in [7, 11) is 0. The summed E-state index contributed by atoms with van der Waals surface area (Å²) >= 11 is 0. The van der Waals surface area contributed by atoms with E-state index in [-0.39, 0.29) is 0 Å². The van der Waals surface area contributed by atoms with Crippen molar-refractivity contribution in [3.05, 3.63) is 298 Å². The minimum Gasteiger partial charge on any atom is -0.397 e. The van der Waals surface area contributed by atoms with Crippen molar-refractivity contribution in [1.82, 2.24) is 0 Å². The van der Waals surface area contributed by atoms with Crippen LogP contribution in [0.2, 0.25) is 0 Å². The average Bonchev–Trinajstić information content (AvgIpc) is 3.35. The number of hydrogen-bond donors (Lipinski definition) is 2. The molecule has 0 amide bonds. The van der Waals surface area contributed by atoms with Crippen molar-refractivity contribution >= 4 is 45.1 Å². The van der Waals surface area contributed by atoms with Gasteiger partial charge < -0.3 is 11.5 Å². The van der Waals surface area contributed by atoms with Gasteiger partial charge in [-0.3, -0.25) is 0 Å². The molecule has 65 heavy (non-hydrogen) atoms. The highest BCUT2D eigenvalue weighted by molar-refractivity contribution is 6.12. The molecule has 0 aliphatic heterocycles. The molecule has 0 aliphatic rings. The predicted molar refractivity (Wildman–Crippen MR) is 279 cm³/mol. The Morgan fingerprint density at radius 1 is 0.415 bits per heavy atom. The Kier molecular flexibility index (Phi) is 13.9. The highest BCUT2D eigenvalue weighted by Gasteiger charge is 2.15. The molecule has 10 aromatic rings. The topological polar surface area (TPSA) is 52.0 Å². The largest absolute Gasteiger partial charge is 0.397 e. The van der Waals surface area contributed by atoms with Crippen molar-refractivity contribution in [1.29, 1.82) is 0 Å². The molecule has 0 heterocycles. The normalized spacial score (nSPS) is 11.7. The van der Waals surface area contributed by atoms with Gasteiger partial charge in [-0.2, -0.15) is 0 Å². The van der Waals surface area contributed by atoms with Crippen LogP contribution in [-0.2, 0) is 6.42 Å². The van der Waals surface area contributed by atoms with Crippen LogP contribution in [0.4, 0.5) is 0 Å². The summed E-state index contributed by atoms with van der Waals surface area (Å²) in [6, 6.07) is 84.4. The maximum atomic E-state index is 6.79. The molecule has 0 saturated carbocycles. The van der Waals surface area contributed by atoms with Crippen LogP contribution in [0.3, 0.4) is 0 Å². The molecule has 10 rings (SSSR count). The summed E-state index contributed by atoms with van der Waals surface area (Å²) in [4.78, 5) is 0. The second-order valence-electron chi connectivity index (χ2n) is 16.3. The van der Waals surface area contributed by atoms with Gasteiger partial charge in [0, 0.05) is 0 Å². The number of aryl methyl sites for hydroxylation is 2. The van der Waals surface area contributed by atoms with Crippen LogP contribution in [0, 0.1) is 13.8 Å². The van der Waals surface area contributed by atoms with E-state index in [1.54, 1.807) is 0 Å². The lowest BCUT2D eigenvalue weighted by molar-refractivity contribution is 1.18. The van der Waals surface area contributed by atoms with E-state index in [9.17, 15) is 0 Å². The van der Waals surface area contributed by atoms with Gasteiger partial charge in [-0.05, 0) is 108 Å². The van der Waals surface area contributed by atoms with Crippen LogP contribution in [0.15, 0.2) is 243 Å². The predicted octanol–water partition coefficient (Wildman–Crippen LogP) is 13.6. The number of fused-ring (bicyclic) bond motifs is 2. The highest BCUT2D eigenvalue weighted by Crippen LogP contribution is 2.37. The van der Waals surface area contributed by atoms with E-state index >= 15 is 0 Å². The lowest BCUT2D eigenvalue weighted by atomic mass is 9.88. The fraction of sp³-hybridized carbons (Fsp3) is 0.0476. The third kappa shape index (κ3) is 10.5. The van der Waals surface area contributed by atoms with Gasteiger partial charge in [0.2, 0.25) is 0 Å². The first kappa shape index (κ1) is 43.4. The minimum atomic E-state index is 0.550. The SMILES string of the molecule is C=c1cccc/c1=C(\c1ccc(/C(N)=C(/N)c2ccc(-c3c4ccccc4cc4ccccc34)cc2)cc1)c1ccccc1Cc1ccccc1.Cc1ccccc1.Cc1ccccc1. The summed E-state index contributed by atoms with van der Waals surface area (Å²) in [6.45, 7) is 8.57. The lowest BCUT2D eigenvalue weighted by Crippen LogP contribution is -2.26. The van der Waals surface area contributed by atoms with Crippen molar-refractivity contribution in [2.75, 3.05) is 0 Å². The molecule has 10 aromatic carbocycles. The van der Waals surface area contributed by atoms with E-state index in [1.807, 2.05) is 42.5 Å². The first-order chi connectivity index (χ1) is 31.8. The summed E-state index contributed by atoms with van der Waals surface area (Å²) in [5.74, 6) is 0. The van der Waals surface area contributed by atoms with Gasteiger partial charge in [0.15, 0.2) is 0 Å². The van der Waals surface area contributed by atoms with E-state index in [0.29, 0.717) is 11.4 Å². The molecule has 4 N–H and O–H groups in total. The molecular formula is C63H54N2. The number of benzene rings is 10. The van der Waals surface area contributed by atoms with Crippen molar-refractivity contribution < 1.29 is 0 Å². The quantitative estimate of drug-likeness (QED) is 0.124. The van der Waals surface area contributed by atoms with Crippen molar-refractivity contribution in [3.63, 3.8) is 0 Å². The molecule has 0 aliphatic carbocycles. The molecule has 2 nitrogen and oxygen atoms in total. The maximum Gasteiger partial charge on any atom is 0.0627 e. The van der Waals surface area contributed by atoms with Crippen molar-refractivity contribution in [2.45, 2.75) is 20.3 Å². The zero-order valence-corrected chi connectivity index (χ0v) is 37.2. The van der Waals surface area contributed by atoms with Crippen molar-refractivity contribution in [3.8, 4) is 11.1 Å². The summed E-state index contributed by atoms with van der Waals surface area (Å²) in [5, 5.41) is 6.99. The number of rotatable bonds is 7. The fourth-order valence-corrected chi connectivity index (χ4v) is 8.29. The van der Waals surface area contributed by atoms with Gasteiger partial charge in [-0.25, -0.2) is 0 Å². The molecule has 0 atom stereocenters. The van der Waals surface area contributed by atoms with Gasteiger partial charge in [-0.1, -0.05) is 254 Å². The van der Waals surface area contributed by atoms with E-state index in [2.05, 4.69) is 221 Å². The Labute approximate surface area is 383 Å². The monoisotopic (exact) mass is 838 g/mol. The van der Waals surface area contributed by atoms with Crippen molar-refractivity contribution in [2.24, 2.45) is 11.5 Å². The van der Waals surface area contributed by atoms with Gasteiger partial charge in [0.1, 0.15) is 0 Å². The number of nitrogens with two attached hydrogens (primary N) is 2. The molecule has 316 valence electrons. The highest BCUT2D eigenvalue weighted by atomic mass is 14.7. The molecular weight excluding hydrogens is 785 g/mol. The fourth-order valence-electron chi connectivity index (χ4n) is 8.29. The van der Waals surface area contributed by atoms with Crippen LogP contribution in [0.1, 0.15) is 44.5 Å². The van der Waals surface area contributed by atoms with Gasteiger partial charge in [0.05, 0.1) is 11.4 Å². The zero-order valence-electron chi connectivity index (χ0n) is 37.2. The second kappa shape index (κ2) is 20.8. The Morgan fingerprint density at radius 3 is 1.37 bits per heavy atom. The molecule has 0 unspecified atom stereocenters. The molecule has 2 heteroatoms. The molecule has 0 spiro atoms. The molecule has 0 bridgehead atoms. The summed E-state index contributed by atoms with van der Waals surface area (Å²) in [5.41, 5.74) is 27.4. The van der Waals surface area contributed by atoms with Gasteiger partial charge >= 0.3 is 0 Å². The van der Waals surface area contributed by atoms with Gasteiger partial charge in [0.25, 0.3) is 0 Å². The first-order valence-electron chi connectivity index (χ1n) is 22.1. The molecule has 0 radical (unpaired) electrons. The molecule has 0 aromatic heterocycles. The Hall–Kier alpha value is -8.20. The summed E-state index contributed by atoms with van der Waals surface area (Å²) in [6.07, 6.45) is 0.833. The second-order valence-corrected chi connectivity index (χ2v) is 16.3.